The van der Waals surface area contributed by atoms with Crippen molar-refractivity contribution in [3.63, 3.8) is 0 Å². The summed E-state index contributed by atoms with van der Waals surface area (Å²) >= 11 is 6.33. The Balaban J connectivity index is 2.21. The predicted molar refractivity (Wildman–Crippen MR) is 338 cm³/mol. The van der Waals surface area contributed by atoms with Gasteiger partial charge < -0.3 is 55.6 Å². The van der Waals surface area contributed by atoms with E-state index in [0.717, 1.165) is 24.5 Å². The molecule has 3 rings (SSSR count). The van der Waals surface area contributed by atoms with Crippen LogP contribution in [-0.4, -0.2) is 233 Å². The van der Waals surface area contributed by atoms with Gasteiger partial charge in [-0.25, -0.2) is 0 Å². The van der Waals surface area contributed by atoms with Crippen LogP contribution in [0.15, 0.2) is 0 Å². The molecule has 0 aromatic carbocycles. The standard InChI is InChI=1S/C64H106ClF6N11O11/c1-19-37(6)53-60(92)77(13)33-51(84)76(12)34-52(85)81(17)49(32-42-20-24-43(25-21-42)63(66,67)68)59(91)80(16)40(9)54(86)72-46(27-23-41-22-26-44(45(65)31-41)64(69,70)71)56(88)73-48(29-36(4)5)58(90)82(18)62(10,11)61(93)74-47(28-35(2)3)57(89)78(14)38(7)30-50(83)79(15)39(8)55(87)75-53/h35-49,53H,19-34H2,1-18H3,(H,72,86)(H,73,88)(H,74,93)(H,75,87)/t37-,38+,39-,40+,41?,42?,43?,44?,45?,46-,47-,48-,49-,53-/m0/s1. The van der Waals surface area contributed by atoms with Gasteiger partial charge in [0.15, 0.2) is 0 Å². The topological polar surface area (TPSA) is 259 Å². The third-order valence-electron chi connectivity index (χ3n) is 19.6. The summed E-state index contributed by atoms with van der Waals surface area (Å²) in [7, 11) is 9.32. The molecule has 1 saturated heterocycles. The summed E-state index contributed by atoms with van der Waals surface area (Å²) in [5.74, 6) is -13.5. The lowest BCUT2D eigenvalue weighted by molar-refractivity contribution is -0.184. The van der Waals surface area contributed by atoms with Crippen LogP contribution in [0, 0.1) is 41.4 Å². The lowest BCUT2D eigenvalue weighted by Crippen LogP contribution is -2.63. The van der Waals surface area contributed by atoms with Crippen molar-refractivity contribution in [2.24, 2.45) is 41.4 Å². The first-order valence-electron chi connectivity index (χ1n) is 32.6. The molecule has 1 heterocycles. The predicted octanol–water partition coefficient (Wildman–Crippen LogP) is 6.11. The maximum atomic E-state index is 14.9. The highest BCUT2D eigenvalue weighted by atomic mass is 35.5. The van der Waals surface area contributed by atoms with E-state index in [1.54, 1.807) is 34.6 Å². The fraction of sp³-hybridized carbons (Fsp3) is 0.828. The Morgan fingerprint density at radius 1 is 0.538 bits per heavy atom. The van der Waals surface area contributed by atoms with Crippen molar-refractivity contribution in [2.45, 2.75) is 238 Å². The maximum absolute atomic E-state index is 14.9. The van der Waals surface area contributed by atoms with Crippen LogP contribution in [-0.2, 0) is 52.7 Å². The van der Waals surface area contributed by atoms with Crippen molar-refractivity contribution < 1.29 is 79.1 Å². The Morgan fingerprint density at radius 2 is 1.04 bits per heavy atom. The lowest BCUT2D eigenvalue weighted by Gasteiger charge is -2.39. The van der Waals surface area contributed by atoms with Crippen LogP contribution < -0.4 is 21.3 Å². The summed E-state index contributed by atoms with van der Waals surface area (Å²) in [4.78, 5) is 166. The Labute approximate surface area is 550 Å². The molecule has 0 radical (unpaired) electrons. The molecule has 2 aliphatic carbocycles. The molecule has 12 atom stereocenters. The Bertz CT molecular complexity index is 2630. The molecule has 0 aromatic heterocycles. The number of amides is 11. The molecule has 4 N–H and O–H groups in total. The van der Waals surface area contributed by atoms with E-state index in [4.69, 9.17) is 11.6 Å². The second-order valence-corrected chi connectivity index (χ2v) is 28.5. The van der Waals surface area contributed by atoms with Gasteiger partial charge in [0.2, 0.25) is 65.0 Å². The van der Waals surface area contributed by atoms with E-state index < -0.39 is 179 Å². The highest BCUT2D eigenvalue weighted by molar-refractivity contribution is 6.20. The smallest absolute Gasteiger partial charge is 0.343 e. The first kappa shape index (κ1) is 81.3. The zero-order valence-corrected chi connectivity index (χ0v) is 58.6. The van der Waals surface area contributed by atoms with Gasteiger partial charge in [0.25, 0.3) is 0 Å². The molecule has 22 nitrogen and oxygen atoms in total. The number of nitrogens with zero attached hydrogens (tertiary/aromatic N) is 7. The Morgan fingerprint density at radius 3 is 1.56 bits per heavy atom. The van der Waals surface area contributed by atoms with Gasteiger partial charge in [-0.15, -0.1) is 11.6 Å². The molecule has 3 unspecified atom stereocenters. The molecule has 3 aliphatic rings. The molecule has 0 spiro atoms. The molecule has 2 saturated carbocycles. The number of likely N-dealkylation sites (N-methyl/N-ethyl adjacent to an activating group) is 7. The zero-order chi connectivity index (χ0) is 71.3. The first-order chi connectivity index (χ1) is 42.8. The molecule has 0 aromatic rings. The van der Waals surface area contributed by atoms with Gasteiger partial charge in [0.05, 0.1) is 24.9 Å². The quantitative estimate of drug-likeness (QED) is 0.135. The third-order valence-corrected chi connectivity index (χ3v) is 20.1. The highest BCUT2D eigenvalue weighted by Gasteiger charge is 2.48. The summed E-state index contributed by atoms with van der Waals surface area (Å²) in [5.41, 5.74) is -1.73. The molecular weight excluding hydrogens is 1250 g/mol. The normalized spacial score (nSPS) is 30.4. The minimum atomic E-state index is -4.55. The zero-order valence-electron chi connectivity index (χ0n) is 57.8. The van der Waals surface area contributed by atoms with Crippen molar-refractivity contribution in [2.75, 3.05) is 62.4 Å². The number of hydrogen-bond acceptors (Lipinski definition) is 11. The van der Waals surface area contributed by atoms with Crippen molar-refractivity contribution in [3.8, 4) is 0 Å². The molecule has 0 bridgehead atoms. The van der Waals surface area contributed by atoms with Crippen molar-refractivity contribution in [1.82, 2.24) is 55.6 Å². The molecule has 11 amide bonds. The number of alkyl halides is 7. The van der Waals surface area contributed by atoms with E-state index in [-0.39, 0.29) is 95.3 Å². The lowest BCUT2D eigenvalue weighted by atomic mass is 9.78. The number of hydrogen-bond donors (Lipinski definition) is 4. The van der Waals surface area contributed by atoms with Gasteiger partial charge in [-0.3, -0.25) is 52.7 Å². The van der Waals surface area contributed by atoms with Crippen LogP contribution in [0.3, 0.4) is 0 Å². The fourth-order valence-electron chi connectivity index (χ4n) is 12.1. The second-order valence-electron chi connectivity index (χ2n) is 27.9. The molecule has 29 heteroatoms. The number of rotatable bonds is 11. The van der Waals surface area contributed by atoms with Crippen LogP contribution >= 0.6 is 11.6 Å². The summed E-state index contributed by atoms with van der Waals surface area (Å²) in [5, 5.41) is 9.72. The maximum Gasteiger partial charge on any atom is 0.393 e. The Kier molecular flexibility index (Phi) is 30.3. The van der Waals surface area contributed by atoms with Crippen molar-refractivity contribution in [3.05, 3.63) is 0 Å². The van der Waals surface area contributed by atoms with Crippen LogP contribution in [0.5, 0.6) is 0 Å². The number of carbonyl (C=O) groups is 11. The van der Waals surface area contributed by atoms with Crippen LogP contribution in [0.25, 0.3) is 0 Å². The summed E-state index contributed by atoms with van der Waals surface area (Å²) < 4.78 is 83.3. The van der Waals surface area contributed by atoms with Gasteiger partial charge in [0, 0.05) is 67.2 Å². The SMILES string of the molecule is CC[C@H](C)[C@@H]1NC(=O)[C@H](C)N(C)C(=O)C[C@@H](C)N(C)C(=O)[C@H](CC(C)C)NC(=O)C(C)(C)N(C)C(=O)[C@H](CC(C)C)NC(=O)[C@H](CCC2CCC(C(F)(F)F)C(Cl)C2)NC(=O)[C@@H](C)N(C)C(=O)[C@H](CC2CCC(C(F)(F)F)CC2)N(C)C(=O)CN(C)C(=O)CN(C)C1=O. The highest BCUT2D eigenvalue weighted by Crippen LogP contribution is 2.44. The average Bonchev–Trinajstić information content (AvgIpc) is 2.41. The molecule has 1 aliphatic heterocycles. The van der Waals surface area contributed by atoms with Gasteiger partial charge in [0.1, 0.15) is 47.8 Å². The van der Waals surface area contributed by atoms with Crippen LogP contribution in [0.1, 0.15) is 166 Å². The van der Waals surface area contributed by atoms with E-state index >= 15 is 0 Å². The summed E-state index contributed by atoms with van der Waals surface area (Å²) in [6.45, 7) is 16.7. The monoisotopic (exact) mass is 1350 g/mol. The van der Waals surface area contributed by atoms with Gasteiger partial charge >= 0.3 is 12.4 Å². The minimum absolute atomic E-state index is 0.00442. The third kappa shape index (κ3) is 22.6. The van der Waals surface area contributed by atoms with E-state index in [0.29, 0.717) is 6.42 Å². The van der Waals surface area contributed by atoms with E-state index in [1.807, 2.05) is 13.8 Å². The van der Waals surface area contributed by atoms with Gasteiger partial charge in [-0.05, 0) is 141 Å². The number of halogens is 7. The largest absolute Gasteiger partial charge is 0.393 e. The molecular formula is C64H106ClF6N11O11. The van der Waals surface area contributed by atoms with E-state index in [2.05, 4.69) is 21.3 Å². The molecule has 3 fully saturated rings. The fourth-order valence-corrected chi connectivity index (χ4v) is 12.6. The number of nitrogens with one attached hydrogen (secondary N) is 4. The average molecular weight is 1360 g/mol. The molecule has 93 heavy (non-hydrogen) atoms. The summed E-state index contributed by atoms with van der Waals surface area (Å²) in [6.07, 6.45) is -9.73. The minimum Gasteiger partial charge on any atom is -0.343 e. The number of carbonyl (C=O) groups excluding carboxylic acids is 11. The van der Waals surface area contributed by atoms with Gasteiger partial charge in [-0.1, -0.05) is 48.0 Å². The van der Waals surface area contributed by atoms with E-state index in [9.17, 15) is 79.1 Å². The first-order valence-corrected chi connectivity index (χ1v) is 33.0. The van der Waals surface area contributed by atoms with Crippen LogP contribution in [0.2, 0.25) is 0 Å². The van der Waals surface area contributed by atoms with Crippen LogP contribution in [0.4, 0.5) is 26.3 Å². The molecule has 532 valence electrons. The van der Waals surface area contributed by atoms with Crippen molar-refractivity contribution >= 4 is 76.6 Å². The van der Waals surface area contributed by atoms with Gasteiger partial charge in [-0.2, -0.15) is 26.3 Å². The van der Waals surface area contributed by atoms with E-state index in [1.165, 1.54) is 86.8 Å². The second kappa shape index (κ2) is 34.6. The van der Waals surface area contributed by atoms with Crippen molar-refractivity contribution in [1.29, 1.82) is 0 Å². The Hall–Kier alpha value is -5.96. The summed E-state index contributed by atoms with van der Waals surface area (Å²) in [6, 6.07) is -10.1.